The average Bonchev–Trinajstić information content (AvgIpc) is 2.72. The SMILES string of the molecule is CCC(C(C)C)C(C)CCc1ccc2c(=O)c(O)c(-c3cc(O)c(O)c(O)c3)oc2c1. The van der Waals surface area contributed by atoms with E-state index in [1.165, 1.54) is 0 Å². The van der Waals surface area contributed by atoms with E-state index in [9.17, 15) is 25.2 Å². The molecular formula is C25H30O6. The molecule has 1 aromatic heterocycles. The normalized spacial score (nSPS) is 13.6. The highest BCUT2D eigenvalue weighted by molar-refractivity contribution is 5.83. The fraction of sp³-hybridized carbons (Fsp3) is 0.400. The monoisotopic (exact) mass is 426 g/mol. The topological polar surface area (TPSA) is 111 Å². The second-order valence-electron chi connectivity index (χ2n) is 8.63. The van der Waals surface area contributed by atoms with Crippen LogP contribution < -0.4 is 5.43 Å². The predicted molar refractivity (Wildman–Crippen MR) is 121 cm³/mol. The molecule has 2 atom stereocenters. The van der Waals surface area contributed by atoms with Crippen LogP contribution in [-0.2, 0) is 6.42 Å². The fourth-order valence-corrected chi connectivity index (χ4v) is 4.45. The molecule has 2 unspecified atom stereocenters. The summed E-state index contributed by atoms with van der Waals surface area (Å²) in [4.78, 5) is 12.7. The molecular weight excluding hydrogens is 396 g/mol. The molecule has 0 aliphatic rings. The van der Waals surface area contributed by atoms with Gasteiger partial charge in [-0.2, -0.15) is 0 Å². The zero-order valence-electron chi connectivity index (χ0n) is 18.3. The number of hydrogen-bond acceptors (Lipinski definition) is 6. The third-order valence-corrected chi connectivity index (χ3v) is 6.21. The molecule has 0 radical (unpaired) electrons. The molecule has 166 valence electrons. The van der Waals surface area contributed by atoms with Crippen molar-refractivity contribution in [3.05, 3.63) is 46.1 Å². The molecule has 6 heteroatoms. The van der Waals surface area contributed by atoms with Crippen LogP contribution in [0.15, 0.2) is 39.5 Å². The van der Waals surface area contributed by atoms with Crippen molar-refractivity contribution in [1.29, 1.82) is 0 Å². The number of fused-ring (bicyclic) bond motifs is 1. The van der Waals surface area contributed by atoms with Gasteiger partial charge < -0.3 is 24.8 Å². The van der Waals surface area contributed by atoms with E-state index in [0.29, 0.717) is 23.3 Å². The first kappa shape index (κ1) is 22.5. The molecule has 6 nitrogen and oxygen atoms in total. The van der Waals surface area contributed by atoms with Crippen LogP contribution in [0.2, 0.25) is 0 Å². The highest BCUT2D eigenvalue weighted by Gasteiger charge is 2.20. The van der Waals surface area contributed by atoms with E-state index in [1.54, 1.807) is 12.1 Å². The van der Waals surface area contributed by atoms with Crippen LogP contribution in [0.25, 0.3) is 22.3 Å². The van der Waals surface area contributed by atoms with Crippen molar-refractivity contribution in [1.82, 2.24) is 0 Å². The Morgan fingerprint density at radius 3 is 2.16 bits per heavy atom. The van der Waals surface area contributed by atoms with Crippen LogP contribution in [0, 0.1) is 17.8 Å². The molecule has 0 spiro atoms. The Morgan fingerprint density at radius 2 is 1.58 bits per heavy atom. The molecule has 0 aliphatic heterocycles. The highest BCUT2D eigenvalue weighted by Crippen LogP contribution is 2.41. The van der Waals surface area contributed by atoms with E-state index < -0.39 is 28.4 Å². The number of rotatable bonds is 7. The number of hydrogen-bond donors (Lipinski definition) is 4. The second kappa shape index (κ2) is 8.92. The maximum Gasteiger partial charge on any atom is 0.235 e. The van der Waals surface area contributed by atoms with Crippen molar-refractivity contribution < 1.29 is 24.8 Å². The van der Waals surface area contributed by atoms with Crippen LogP contribution in [0.3, 0.4) is 0 Å². The van der Waals surface area contributed by atoms with Gasteiger partial charge in [0.15, 0.2) is 23.0 Å². The molecule has 0 bridgehead atoms. The maximum atomic E-state index is 12.7. The molecule has 31 heavy (non-hydrogen) atoms. The van der Waals surface area contributed by atoms with Gasteiger partial charge in [0.05, 0.1) is 5.39 Å². The second-order valence-corrected chi connectivity index (χ2v) is 8.63. The molecule has 0 saturated heterocycles. The Labute approximate surface area is 181 Å². The Morgan fingerprint density at radius 1 is 0.935 bits per heavy atom. The van der Waals surface area contributed by atoms with Gasteiger partial charge in [-0.1, -0.05) is 40.2 Å². The molecule has 3 rings (SSSR count). The van der Waals surface area contributed by atoms with Crippen LogP contribution >= 0.6 is 0 Å². The van der Waals surface area contributed by atoms with Crippen molar-refractivity contribution >= 4 is 11.0 Å². The zero-order valence-corrected chi connectivity index (χ0v) is 18.3. The first-order chi connectivity index (χ1) is 14.6. The first-order valence-electron chi connectivity index (χ1n) is 10.7. The minimum Gasteiger partial charge on any atom is -0.504 e. The van der Waals surface area contributed by atoms with Gasteiger partial charge in [0, 0.05) is 5.56 Å². The lowest BCUT2D eigenvalue weighted by molar-refractivity contribution is 0.250. The summed E-state index contributed by atoms with van der Waals surface area (Å²) in [6.45, 7) is 9.00. The fourth-order valence-electron chi connectivity index (χ4n) is 4.45. The number of phenolic OH excluding ortho intramolecular Hbond substituents is 3. The third kappa shape index (κ3) is 4.48. The quantitative estimate of drug-likeness (QED) is 0.370. The van der Waals surface area contributed by atoms with Crippen LogP contribution in [0.5, 0.6) is 23.0 Å². The van der Waals surface area contributed by atoms with Gasteiger partial charge in [-0.25, -0.2) is 0 Å². The van der Waals surface area contributed by atoms with Gasteiger partial charge in [0.2, 0.25) is 11.2 Å². The summed E-state index contributed by atoms with van der Waals surface area (Å²) in [7, 11) is 0. The van der Waals surface area contributed by atoms with Gasteiger partial charge in [0.1, 0.15) is 5.58 Å². The maximum absolute atomic E-state index is 12.7. The largest absolute Gasteiger partial charge is 0.504 e. The van der Waals surface area contributed by atoms with Gasteiger partial charge in [-0.05, 0) is 60.4 Å². The summed E-state index contributed by atoms with van der Waals surface area (Å²) >= 11 is 0. The predicted octanol–water partition coefficient (Wildman–Crippen LogP) is 5.53. The van der Waals surface area contributed by atoms with E-state index in [2.05, 4.69) is 27.7 Å². The zero-order chi connectivity index (χ0) is 22.9. The van der Waals surface area contributed by atoms with Gasteiger partial charge >= 0.3 is 0 Å². The van der Waals surface area contributed by atoms with Crippen molar-refractivity contribution in [2.75, 3.05) is 0 Å². The molecule has 3 aromatic rings. The van der Waals surface area contributed by atoms with E-state index in [4.69, 9.17) is 4.42 Å². The highest BCUT2D eigenvalue weighted by atomic mass is 16.4. The van der Waals surface area contributed by atoms with E-state index in [0.717, 1.165) is 37.0 Å². The number of benzene rings is 2. The minimum atomic E-state index is -0.686. The molecule has 4 N–H and O–H groups in total. The third-order valence-electron chi connectivity index (χ3n) is 6.21. The van der Waals surface area contributed by atoms with Crippen LogP contribution in [-0.4, -0.2) is 20.4 Å². The van der Waals surface area contributed by atoms with Gasteiger partial charge in [-0.15, -0.1) is 0 Å². The smallest absolute Gasteiger partial charge is 0.235 e. The Kier molecular flexibility index (Phi) is 6.48. The standard InChI is InChI=1S/C25H30O6/c1-5-17(13(2)3)14(4)6-7-15-8-9-18-21(10-15)31-25(24(30)22(18)28)16-11-19(26)23(29)20(27)12-16/h8-14,17,26-27,29-30H,5-7H2,1-4H3. The van der Waals surface area contributed by atoms with Gasteiger partial charge in [0.25, 0.3) is 0 Å². The molecule has 0 amide bonds. The first-order valence-corrected chi connectivity index (χ1v) is 10.7. The Hall–Kier alpha value is -3.15. The number of aryl methyl sites for hydroxylation is 1. The Bertz CT molecular complexity index is 1120. The van der Waals surface area contributed by atoms with E-state index in [-0.39, 0.29) is 16.7 Å². The summed E-state index contributed by atoms with van der Waals surface area (Å²) in [5.74, 6) is -0.831. The molecule has 2 aromatic carbocycles. The lowest BCUT2D eigenvalue weighted by Gasteiger charge is -2.26. The van der Waals surface area contributed by atoms with E-state index in [1.807, 2.05) is 6.07 Å². The molecule has 0 aliphatic carbocycles. The average molecular weight is 427 g/mol. The molecule has 0 fully saturated rings. The summed E-state index contributed by atoms with van der Waals surface area (Å²) in [5.41, 5.74) is 0.806. The summed E-state index contributed by atoms with van der Waals surface area (Å²) in [5, 5.41) is 39.7. The molecule has 1 heterocycles. The van der Waals surface area contributed by atoms with E-state index >= 15 is 0 Å². The lowest BCUT2D eigenvalue weighted by atomic mass is 9.80. The summed E-state index contributed by atoms with van der Waals surface area (Å²) in [6, 6.07) is 7.54. The molecule has 0 saturated carbocycles. The Balaban J connectivity index is 1.98. The lowest BCUT2D eigenvalue weighted by Crippen LogP contribution is -2.17. The van der Waals surface area contributed by atoms with Crippen molar-refractivity contribution in [2.45, 2.75) is 47.0 Å². The minimum absolute atomic E-state index is 0.0750. The number of phenols is 3. The van der Waals surface area contributed by atoms with Crippen molar-refractivity contribution in [3.8, 4) is 34.3 Å². The van der Waals surface area contributed by atoms with Crippen LogP contribution in [0.4, 0.5) is 0 Å². The van der Waals surface area contributed by atoms with Crippen LogP contribution in [0.1, 0.15) is 46.1 Å². The van der Waals surface area contributed by atoms with Crippen molar-refractivity contribution in [2.24, 2.45) is 17.8 Å². The number of aromatic hydroxyl groups is 4. The summed E-state index contributed by atoms with van der Waals surface area (Å²) in [6.07, 6.45) is 2.98. The van der Waals surface area contributed by atoms with Crippen molar-refractivity contribution in [3.63, 3.8) is 0 Å². The van der Waals surface area contributed by atoms with Gasteiger partial charge in [-0.3, -0.25) is 4.79 Å². The summed E-state index contributed by atoms with van der Waals surface area (Å²) < 4.78 is 5.81.